The van der Waals surface area contributed by atoms with Gasteiger partial charge in [0, 0.05) is 18.0 Å². The molecule has 1 aromatic carbocycles. The van der Waals surface area contributed by atoms with Crippen molar-refractivity contribution in [1.82, 2.24) is 0 Å². The van der Waals surface area contributed by atoms with E-state index in [1.165, 1.54) is 19.2 Å². The summed E-state index contributed by atoms with van der Waals surface area (Å²) in [5.41, 5.74) is 0.413. The molecule has 0 saturated heterocycles. The number of alkyl halides is 1. The molecule has 0 aromatic heterocycles. The van der Waals surface area contributed by atoms with Crippen molar-refractivity contribution in [2.45, 2.75) is 0 Å². The molecule has 0 saturated carbocycles. The number of benzene rings is 1. The van der Waals surface area contributed by atoms with E-state index < -0.39 is 4.92 Å². The summed E-state index contributed by atoms with van der Waals surface area (Å²) in [6.07, 6.45) is 3.28. The Morgan fingerprint density at radius 3 is 2.75 bits per heavy atom. The van der Waals surface area contributed by atoms with Crippen LogP contribution in [0.5, 0.6) is 5.75 Å². The normalized spacial score (nSPS) is 10.7. The fourth-order valence-corrected chi connectivity index (χ4v) is 1.47. The summed E-state index contributed by atoms with van der Waals surface area (Å²) in [7, 11) is 1.35. The molecule has 1 rings (SSSR count). The lowest BCUT2D eigenvalue weighted by atomic mass is 10.1. The number of nitro benzene ring substituents is 1. The molecule has 0 radical (unpaired) electrons. The van der Waals surface area contributed by atoms with Crippen molar-refractivity contribution < 1.29 is 9.66 Å². The fraction of sp³-hybridized carbons (Fsp3) is 0.200. The van der Waals surface area contributed by atoms with Gasteiger partial charge >= 0.3 is 5.69 Å². The number of rotatable bonds is 4. The zero-order chi connectivity index (χ0) is 12.1. The number of nitrogens with zero attached hydrogens (tertiary/aromatic N) is 1. The third-order valence-corrected chi connectivity index (χ3v) is 2.39. The van der Waals surface area contributed by atoms with Gasteiger partial charge in [0.05, 0.1) is 17.1 Å². The minimum atomic E-state index is -0.521. The van der Waals surface area contributed by atoms with Crippen LogP contribution < -0.4 is 4.74 Å². The molecular weight excluding hydrogens is 253 g/mol. The second-order valence-corrected chi connectivity index (χ2v) is 3.58. The lowest BCUT2D eigenvalue weighted by molar-refractivity contribution is -0.385. The molecule has 6 heteroatoms. The van der Waals surface area contributed by atoms with E-state index in [4.69, 9.17) is 27.9 Å². The predicted octanol–water partition coefficient (Wildman–Crippen LogP) is 3.51. The molecule has 86 valence electrons. The van der Waals surface area contributed by atoms with Gasteiger partial charge in [0.1, 0.15) is 0 Å². The van der Waals surface area contributed by atoms with E-state index in [-0.39, 0.29) is 11.4 Å². The summed E-state index contributed by atoms with van der Waals surface area (Å²) in [6.45, 7) is 0. The second-order valence-electron chi connectivity index (χ2n) is 2.86. The molecule has 0 fully saturated rings. The van der Waals surface area contributed by atoms with E-state index in [0.29, 0.717) is 16.5 Å². The number of halogens is 2. The third-order valence-electron chi connectivity index (χ3n) is 1.88. The first-order chi connectivity index (χ1) is 7.60. The Labute approximate surface area is 103 Å². The summed E-state index contributed by atoms with van der Waals surface area (Å²) in [5, 5.41) is 11.1. The van der Waals surface area contributed by atoms with Gasteiger partial charge in [-0.25, -0.2) is 0 Å². The minimum absolute atomic E-state index is 0.124. The molecule has 0 bridgehead atoms. The van der Waals surface area contributed by atoms with Gasteiger partial charge in [-0.2, -0.15) is 0 Å². The van der Waals surface area contributed by atoms with Gasteiger partial charge in [-0.1, -0.05) is 23.8 Å². The quantitative estimate of drug-likeness (QED) is 0.474. The van der Waals surface area contributed by atoms with E-state index in [0.717, 1.165) is 0 Å². The number of allylic oxidation sites excluding steroid dienone is 1. The number of hydrogen-bond acceptors (Lipinski definition) is 3. The topological polar surface area (TPSA) is 52.4 Å². The summed E-state index contributed by atoms with van der Waals surface area (Å²) in [4.78, 5) is 10.2. The van der Waals surface area contributed by atoms with Gasteiger partial charge in [-0.05, 0) is 5.56 Å². The van der Waals surface area contributed by atoms with Crippen molar-refractivity contribution in [3.63, 3.8) is 0 Å². The van der Waals surface area contributed by atoms with E-state index in [9.17, 15) is 10.1 Å². The highest BCUT2D eigenvalue weighted by Crippen LogP contribution is 2.33. The van der Waals surface area contributed by atoms with Crippen molar-refractivity contribution >= 4 is 35.0 Å². The standard InChI is InChI=1S/C10H9Cl2NO3/c1-16-10-6-8(12)7(3-2-4-11)5-9(10)13(14)15/h2-3,5-6H,4H2,1H3. The van der Waals surface area contributed by atoms with Crippen LogP contribution in [-0.2, 0) is 0 Å². The SMILES string of the molecule is COc1cc(Cl)c(C=CCCl)cc1[N+](=O)[O-]. The first-order valence-corrected chi connectivity index (χ1v) is 5.25. The van der Waals surface area contributed by atoms with E-state index in [1.807, 2.05) is 0 Å². The number of nitro groups is 1. The average molecular weight is 262 g/mol. The van der Waals surface area contributed by atoms with Crippen LogP contribution in [0.4, 0.5) is 5.69 Å². The van der Waals surface area contributed by atoms with Crippen LogP contribution in [0.15, 0.2) is 18.2 Å². The molecule has 0 unspecified atom stereocenters. The Morgan fingerprint density at radius 2 is 2.25 bits per heavy atom. The van der Waals surface area contributed by atoms with Crippen LogP contribution >= 0.6 is 23.2 Å². The zero-order valence-electron chi connectivity index (χ0n) is 8.44. The molecular formula is C10H9Cl2NO3. The molecule has 0 aliphatic rings. The largest absolute Gasteiger partial charge is 0.490 e. The zero-order valence-corrected chi connectivity index (χ0v) is 9.96. The number of methoxy groups -OCH3 is 1. The Bertz CT molecular complexity index is 432. The highest BCUT2D eigenvalue weighted by molar-refractivity contribution is 6.32. The first-order valence-electron chi connectivity index (χ1n) is 4.34. The van der Waals surface area contributed by atoms with Crippen molar-refractivity contribution in [2.24, 2.45) is 0 Å². The second kappa shape index (κ2) is 5.72. The maximum atomic E-state index is 10.8. The van der Waals surface area contributed by atoms with Gasteiger partial charge < -0.3 is 4.74 Å². The van der Waals surface area contributed by atoms with Crippen LogP contribution in [0, 0.1) is 10.1 Å². The Kier molecular flexibility index (Phi) is 4.58. The first kappa shape index (κ1) is 12.8. The van der Waals surface area contributed by atoms with E-state index >= 15 is 0 Å². The Hall–Kier alpha value is -1.26. The van der Waals surface area contributed by atoms with Crippen LogP contribution in [-0.4, -0.2) is 17.9 Å². The van der Waals surface area contributed by atoms with Crippen LogP contribution in [0.2, 0.25) is 5.02 Å². The molecule has 0 spiro atoms. The molecule has 0 amide bonds. The third kappa shape index (κ3) is 2.87. The molecule has 4 nitrogen and oxygen atoms in total. The Balaban J connectivity index is 3.27. The number of ether oxygens (including phenoxy) is 1. The highest BCUT2D eigenvalue weighted by atomic mass is 35.5. The molecule has 0 heterocycles. The smallest absolute Gasteiger partial charge is 0.311 e. The number of hydrogen-bond donors (Lipinski definition) is 0. The maximum Gasteiger partial charge on any atom is 0.311 e. The van der Waals surface area contributed by atoms with E-state index in [2.05, 4.69) is 0 Å². The van der Waals surface area contributed by atoms with Crippen LogP contribution in [0.1, 0.15) is 5.56 Å². The van der Waals surface area contributed by atoms with Crippen molar-refractivity contribution in [3.8, 4) is 5.75 Å². The summed E-state index contributed by atoms with van der Waals surface area (Å²) in [5.74, 6) is 0.453. The van der Waals surface area contributed by atoms with Crippen molar-refractivity contribution in [2.75, 3.05) is 13.0 Å². The monoisotopic (exact) mass is 261 g/mol. The molecule has 16 heavy (non-hydrogen) atoms. The van der Waals surface area contributed by atoms with Crippen molar-refractivity contribution in [1.29, 1.82) is 0 Å². The van der Waals surface area contributed by atoms with Gasteiger partial charge in [-0.3, -0.25) is 10.1 Å². The average Bonchev–Trinajstić information content (AvgIpc) is 2.26. The predicted molar refractivity (Wildman–Crippen MR) is 64.4 cm³/mol. The molecule has 0 aliphatic heterocycles. The summed E-state index contributed by atoms with van der Waals surface area (Å²) in [6, 6.07) is 2.76. The van der Waals surface area contributed by atoms with Gasteiger partial charge in [0.25, 0.3) is 0 Å². The molecule has 0 aliphatic carbocycles. The molecule has 0 N–H and O–H groups in total. The summed E-state index contributed by atoms with van der Waals surface area (Å²) >= 11 is 11.4. The minimum Gasteiger partial charge on any atom is -0.490 e. The highest BCUT2D eigenvalue weighted by Gasteiger charge is 2.17. The van der Waals surface area contributed by atoms with Crippen LogP contribution in [0.3, 0.4) is 0 Å². The maximum absolute atomic E-state index is 10.8. The lowest BCUT2D eigenvalue weighted by Gasteiger charge is -2.04. The van der Waals surface area contributed by atoms with Gasteiger partial charge in [0.15, 0.2) is 5.75 Å². The van der Waals surface area contributed by atoms with Crippen molar-refractivity contribution in [3.05, 3.63) is 38.9 Å². The lowest BCUT2D eigenvalue weighted by Crippen LogP contribution is -1.94. The van der Waals surface area contributed by atoms with Crippen LogP contribution in [0.25, 0.3) is 6.08 Å². The Morgan fingerprint density at radius 1 is 1.56 bits per heavy atom. The van der Waals surface area contributed by atoms with E-state index in [1.54, 1.807) is 12.2 Å². The van der Waals surface area contributed by atoms with Gasteiger partial charge in [0.2, 0.25) is 0 Å². The van der Waals surface area contributed by atoms with Gasteiger partial charge in [-0.15, -0.1) is 11.6 Å². The molecule has 0 atom stereocenters. The summed E-state index contributed by atoms with van der Waals surface area (Å²) < 4.78 is 4.87. The molecule has 1 aromatic rings. The fourth-order valence-electron chi connectivity index (χ4n) is 1.17.